The van der Waals surface area contributed by atoms with Crippen molar-refractivity contribution in [2.75, 3.05) is 14.2 Å². The zero-order chi connectivity index (χ0) is 15.4. The van der Waals surface area contributed by atoms with Crippen LogP contribution in [0.3, 0.4) is 0 Å². The number of hydrogen-bond donors (Lipinski definition) is 1. The average Bonchev–Trinajstić information content (AvgIpc) is 2.89. The number of likely N-dealkylation sites (N-methyl/N-ethyl adjacent to an activating group) is 1. The zero-order valence-electron chi connectivity index (χ0n) is 13.2. The monoisotopic (exact) mass is 305 g/mol. The van der Waals surface area contributed by atoms with Gasteiger partial charge in [0.2, 0.25) is 5.91 Å². The largest absolute Gasteiger partial charge is 0.381 e. The molecular weight excluding hydrogens is 282 g/mol. The predicted octanol–water partition coefficient (Wildman–Crippen LogP) is 1.04. The Morgan fingerprint density at radius 1 is 1.32 bits per heavy atom. The summed E-state index contributed by atoms with van der Waals surface area (Å²) < 4.78 is 5.62. The molecule has 1 N–H and O–H groups in total. The Labute approximate surface area is 129 Å². The number of ether oxygens (including phenoxy) is 1. The number of rotatable bonds is 4. The molecule has 0 aliphatic heterocycles. The van der Waals surface area contributed by atoms with Crippen molar-refractivity contribution in [2.24, 2.45) is 5.41 Å². The van der Waals surface area contributed by atoms with Crippen molar-refractivity contribution in [2.45, 2.75) is 62.5 Å². The van der Waals surface area contributed by atoms with Crippen LogP contribution >= 0.6 is 0 Å². The second-order valence-electron chi connectivity index (χ2n) is 7.15. The van der Waals surface area contributed by atoms with Gasteiger partial charge >= 0.3 is 0 Å². The molecule has 1 aromatic rings. The first-order valence-corrected chi connectivity index (χ1v) is 8.18. The quantitative estimate of drug-likeness (QED) is 0.898. The smallest absolute Gasteiger partial charge is 0.236 e. The molecule has 1 spiro atoms. The van der Waals surface area contributed by atoms with E-state index in [0.717, 1.165) is 25.7 Å². The van der Waals surface area contributed by atoms with Crippen LogP contribution in [0.1, 0.15) is 50.8 Å². The minimum atomic E-state index is -0.551. The lowest BCUT2D eigenvalue weighted by atomic mass is 9.50. The highest BCUT2D eigenvalue weighted by molar-refractivity contribution is 5.88. The van der Waals surface area contributed by atoms with Gasteiger partial charge in [0.1, 0.15) is 5.41 Å². The van der Waals surface area contributed by atoms with Crippen LogP contribution in [0.2, 0.25) is 0 Å². The molecule has 7 nitrogen and oxygen atoms in total. The molecular formula is C15H23N5O2. The maximum absolute atomic E-state index is 13.2. The number of hydrogen-bond acceptors (Lipinski definition) is 5. The highest BCUT2D eigenvalue weighted by atomic mass is 16.5. The molecule has 1 heterocycles. The Morgan fingerprint density at radius 2 is 2.05 bits per heavy atom. The van der Waals surface area contributed by atoms with Crippen molar-refractivity contribution < 1.29 is 9.53 Å². The minimum absolute atomic E-state index is 0.158. The summed E-state index contributed by atoms with van der Waals surface area (Å²) in [5, 5.41) is 14.3. The zero-order valence-corrected chi connectivity index (χ0v) is 13.2. The van der Waals surface area contributed by atoms with Gasteiger partial charge in [-0.15, -0.1) is 10.2 Å². The number of aromatic nitrogens is 4. The third-order valence-corrected chi connectivity index (χ3v) is 6.49. The number of methoxy groups -OCH3 is 1. The standard InChI is InChI=1S/C15H23N5O2/c1-20(10-9-11(22-2)14(10)5-3-6-14)13(21)15(7-4-8-15)12-16-18-19-17-12/h10-11H,3-9H2,1-2H3,(H,16,17,18,19). The van der Waals surface area contributed by atoms with Gasteiger partial charge in [-0.05, 0) is 32.1 Å². The van der Waals surface area contributed by atoms with Gasteiger partial charge in [0.05, 0.1) is 6.10 Å². The fraction of sp³-hybridized carbons (Fsp3) is 0.867. The van der Waals surface area contributed by atoms with Gasteiger partial charge in [-0.3, -0.25) is 4.79 Å². The molecule has 2 atom stereocenters. The Kier molecular flexibility index (Phi) is 3.04. The van der Waals surface area contributed by atoms with Crippen molar-refractivity contribution in [3.8, 4) is 0 Å². The summed E-state index contributed by atoms with van der Waals surface area (Å²) in [4.78, 5) is 15.1. The number of tetrazole rings is 1. The van der Waals surface area contributed by atoms with Crippen LogP contribution < -0.4 is 0 Å². The molecule has 3 fully saturated rings. The Balaban J connectivity index is 1.56. The van der Waals surface area contributed by atoms with Crippen LogP contribution in [0.15, 0.2) is 0 Å². The summed E-state index contributed by atoms with van der Waals surface area (Å²) in [6.45, 7) is 0. The average molecular weight is 305 g/mol. The number of aromatic amines is 1. The summed E-state index contributed by atoms with van der Waals surface area (Å²) >= 11 is 0. The van der Waals surface area contributed by atoms with E-state index in [1.165, 1.54) is 19.3 Å². The van der Waals surface area contributed by atoms with Crippen molar-refractivity contribution in [3.05, 3.63) is 5.82 Å². The van der Waals surface area contributed by atoms with E-state index < -0.39 is 5.41 Å². The summed E-state index contributed by atoms with van der Waals surface area (Å²) in [5.41, 5.74) is -0.355. The molecule has 1 aromatic heterocycles. The number of H-pyrrole nitrogens is 1. The van der Waals surface area contributed by atoms with E-state index in [1.54, 1.807) is 7.11 Å². The van der Waals surface area contributed by atoms with E-state index in [4.69, 9.17) is 4.74 Å². The molecule has 4 rings (SSSR count). The van der Waals surface area contributed by atoms with Crippen LogP contribution in [0.25, 0.3) is 0 Å². The number of nitrogens with zero attached hydrogens (tertiary/aromatic N) is 4. The highest BCUT2D eigenvalue weighted by Crippen LogP contribution is 2.59. The lowest BCUT2D eigenvalue weighted by Gasteiger charge is -2.63. The van der Waals surface area contributed by atoms with Crippen molar-refractivity contribution >= 4 is 5.91 Å². The predicted molar refractivity (Wildman–Crippen MR) is 78.0 cm³/mol. The van der Waals surface area contributed by atoms with Crippen molar-refractivity contribution in [3.63, 3.8) is 0 Å². The van der Waals surface area contributed by atoms with Crippen LogP contribution in [-0.4, -0.2) is 57.7 Å². The van der Waals surface area contributed by atoms with Gasteiger partial charge in [0.15, 0.2) is 5.82 Å². The van der Waals surface area contributed by atoms with Crippen LogP contribution in [0, 0.1) is 5.41 Å². The van der Waals surface area contributed by atoms with Crippen molar-refractivity contribution in [1.82, 2.24) is 25.5 Å². The maximum atomic E-state index is 13.2. The SMILES string of the molecule is COC1CC(N(C)C(=O)C2(c3nn[nH]n3)CCC2)C12CCC2. The number of amides is 1. The minimum Gasteiger partial charge on any atom is -0.381 e. The molecule has 2 unspecified atom stereocenters. The van der Waals surface area contributed by atoms with Crippen molar-refractivity contribution in [1.29, 1.82) is 0 Å². The summed E-state index contributed by atoms with van der Waals surface area (Å²) in [7, 11) is 3.73. The topological polar surface area (TPSA) is 84.0 Å². The lowest BCUT2D eigenvalue weighted by molar-refractivity contribution is -0.198. The van der Waals surface area contributed by atoms with E-state index in [1.807, 2.05) is 11.9 Å². The van der Waals surface area contributed by atoms with Crippen LogP contribution in [0.4, 0.5) is 0 Å². The van der Waals surface area contributed by atoms with Crippen LogP contribution in [0.5, 0.6) is 0 Å². The van der Waals surface area contributed by atoms with Crippen LogP contribution in [-0.2, 0) is 14.9 Å². The third-order valence-electron chi connectivity index (χ3n) is 6.49. The van der Waals surface area contributed by atoms with Gasteiger partial charge in [0, 0.05) is 25.6 Å². The Bertz CT molecular complexity index is 564. The first kappa shape index (κ1) is 14.1. The first-order chi connectivity index (χ1) is 10.6. The molecule has 3 aliphatic rings. The highest BCUT2D eigenvalue weighted by Gasteiger charge is 2.62. The van der Waals surface area contributed by atoms with E-state index in [0.29, 0.717) is 18.0 Å². The lowest BCUT2D eigenvalue weighted by Crippen LogP contribution is -2.69. The van der Waals surface area contributed by atoms with E-state index in [2.05, 4.69) is 20.6 Å². The fourth-order valence-electron chi connectivity index (χ4n) is 4.75. The van der Waals surface area contributed by atoms with E-state index >= 15 is 0 Å². The summed E-state index contributed by atoms with van der Waals surface area (Å²) in [6, 6.07) is 0.295. The molecule has 0 saturated heterocycles. The van der Waals surface area contributed by atoms with E-state index in [9.17, 15) is 4.79 Å². The second-order valence-corrected chi connectivity index (χ2v) is 7.15. The number of nitrogens with one attached hydrogen (secondary N) is 1. The molecule has 22 heavy (non-hydrogen) atoms. The molecule has 0 aromatic carbocycles. The second kappa shape index (κ2) is 4.75. The molecule has 3 aliphatic carbocycles. The molecule has 3 saturated carbocycles. The molecule has 7 heteroatoms. The fourth-order valence-corrected chi connectivity index (χ4v) is 4.75. The number of carbonyl (C=O) groups excluding carboxylic acids is 1. The maximum Gasteiger partial charge on any atom is 0.236 e. The normalized spacial score (nSPS) is 31.0. The molecule has 120 valence electrons. The van der Waals surface area contributed by atoms with E-state index in [-0.39, 0.29) is 11.3 Å². The molecule has 1 amide bonds. The van der Waals surface area contributed by atoms with Gasteiger partial charge in [-0.25, -0.2) is 0 Å². The van der Waals surface area contributed by atoms with Gasteiger partial charge in [-0.2, -0.15) is 5.21 Å². The number of carbonyl (C=O) groups is 1. The Hall–Kier alpha value is -1.50. The molecule has 0 bridgehead atoms. The third kappa shape index (κ3) is 1.60. The summed E-state index contributed by atoms with van der Waals surface area (Å²) in [5.74, 6) is 0.715. The summed E-state index contributed by atoms with van der Waals surface area (Å²) in [6.07, 6.45) is 7.53. The van der Waals surface area contributed by atoms with Gasteiger partial charge < -0.3 is 9.64 Å². The van der Waals surface area contributed by atoms with Gasteiger partial charge in [-0.1, -0.05) is 18.1 Å². The van der Waals surface area contributed by atoms with Gasteiger partial charge in [0.25, 0.3) is 0 Å². The molecule has 0 radical (unpaired) electrons. The Morgan fingerprint density at radius 3 is 2.50 bits per heavy atom. The first-order valence-electron chi connectivity index (χ1n) is 8.18.